The predicted octanol–water partition coefficient (Wildman–Crippen LogP) is 1.70. The molecular weight excluding hydrogens is 114 g/mol. The third kappa shape index (κ3) is 2.33. The quantitative estimate of drug-likeness (QED) is 0.592. The Morgan fingerprint density at radius 2 is 2.00 bits per heavy atom. The highest BCUT2D eigenvalue weighted by Gasteiger charge is 2.23. The van der Waals surface area contributed by atoms with Gasteiger partial charge in [-0.05, 0) is 19.8 Å². The summed E-state index contributed by atoms with van der Waals surface area (Å²) in [7, 11) is 0. The molecule has 1 unspecified atom stereocenters. The highest BCUT2D eigenvalue weighted by atomic mass is 16.6. The van der Waals surface area contributed by atoms with Gasteiger partial charge in [0, 0.05) is 0 Å². The first-order chi connectivity index (χ1) is 4.04. The largest absolute Gasteiger partial charge is 0.298 e. The third-order valence-corrected chi connectivity index (χ3v) is 2.10. The van der Waals surface area contributed by atoms with E-state index in [0.29, 0.717) is 5.92 Å². The maximum Gasteiger partial charge on any atom is 0.0863 e. The predicted molar refractivity (Wildman–Crippen MR) is 38.8 cm³/mol. The van der Waals surface area contributed by atoms with Gasteiger partial charge < -0.3 is 0 Å². The van der Waals surface area contributed by atoms with Crippen LogP contribution in [-0.4, -0.2) is 5.60 Å². The molecule has 0 spiro atoms. The average Bonchev–Trinajstić information content (AvgIpc) is 1.86. The Balaban J connectivity index is 3.80. The molecule has 2 heteroatoms. The van der Waals surface area contributed by atoms with E-state index in [0.717, 1.165) is 6.42 Å². The van der Waals surface area contributed by atoms with Crippen molar-refractivity contribution < 1.29 is 4.84 Å². The molecular formula is C7H17NO. The smallest absolute Gasteiger partial charge is 0.0863 e. The second-order valence-electron chi connectivity index (χ2n) is 3.03. The molecule has 0 aromatic heterocycles. The van der Waals surface area contributed by atoms with Gasteiger partial charge in [-0.15, -0.1) is 0 Å². The molecule has 2 N–H and O–H groups in total. The molecule has 2 nitrogen and oxygen atoms in total. The van der Waals surface area contributed by atoms with Crippen LogP contribution in [0, 0.1) is 5.92 Å². The Bertz CT molecular complexity index is 81.0. The molecule has 0 saturated carbocycles. The molecule has 0 aliphatic heterocycles. The van der Waals surface area contributed by atoms with Crippen LogP contribution in [0.15, 0.2) is 0 Å². The Hall–Kier alpha value is -0.0800. The minimum atomic E-state index is -0.172. The summed E-state index contributed by atoms with van der Waals surface area (Å²) in [6.07, 6.45) is 1.10. The molecule has 0 radical (unpaired) electrons. The fourth-order valence-electron chi connectivity index (χ4n) is 0.608. The van der Waals surface area contributed by atoms with Crippen molar-refractivity contribution in [2.75, 3.05) is 0 Å². The number of hydrogen-bond donors (Lipinski definition) is 1. The maximum absolute atomic E-state index is 5.08. The van der Waals surface area contributed by atoms with Crippen molar-refractivity contribution in [1.29, 1.82) is 0 Å². The Morgan fingerprint density at radius 1 is 1.56 bits per heavy atom. The molecule has 0 amide bonds. The first-order valence-electron chi connectivity index (χ1n) is 3.42. The van der Waals surface area contributed by atoms with Gasteiger partial charge in [0.05, 0.1) is 5.60 Å². The molecule has 56 valence electrons. The van der Waals surface area contributed by atoms with Gasteiger partial charge in [0.1, 0.15) is 0 Å². The SMILES string of the molecule is CCC(C)C(C)(C)ON. The van der Waals surface area contributed by atoms with E-state index in [-0.39, 0.29) is 5.60 Å². The second kappa shape index (κ2) is 3.18. The lowest BCUT2D eigenvalue weighted by Gasteiger charge is -2.28. The molecule has 1 atom stereocenters. The lowest BCUT2D eigenvalue weighted by atomic mass is 9.91. The molecule has 0 bridgehead atoms. The fourth-order valence-corrected chi connectivity index (χ4v) is 0.608. The van der Waals surface area contributed by atoms with Crippen LogP contribution < -0.4 is 5.90 Å². The van der Waals surface area contributed by atoms with Crippen LogP contribution in [-0.2, 0) is 4.84 Å². The van der Waals surface area contributed by atoms with Crippen molar-refractivity contribution in [2.24, 2.45) is 11.8 Å². The zero-order chi connectivity index (χ0) is 7.49. The van der Waals surface area contributed by atoms with Crippen LogP contribution in [0.1, 0.15) is 34.1 Å². The lowest BCUT2D eigenvalue weighted by Crippen LogP contribution is -2.35. The van der Waals surface area contributed by atoms with Crippen molar-refractivity contribution in [3.63, 3.8) is 0 Å². The Labute approximate surface area is 57.3 Å². The highest BCUT2D eigenvalue weighted by molar-refractivity contribution is 4.73. The van der Waals surface area contributed by atoms with E-state index >= 15 is 0 Å². The van der Waals surface area contributed by atoms with Crippen molar-refractivity contribution >= 4 is 0 Å². The van der Waals surface area contributed by atoms with E-state index in [2.05, 4.69) is 13.8 Å². The van der Waals surface area contributed by atoms with E-state index in [1.807, 2.05) is 13.8 Å². The summed E-state index contributed by atoms with van der Waals surface area (Å²) >= 11 is 0. The molecule has 0 rings (SSSR count). The molecule has 0 heterocycles. The van der Waals surface area contributed by atoms with Crippen LogP contribution in [0.3, 0.4) is 0 Å². The Kier molecular flexibility index (Phi) is 3.15. The minimum absolute atomic E-state index is 0.172. The van der Waals surface area contributed by atoms with Crippen LogP contribution in [0.5, 0.6) is 0 Å². The summed E-state index contributed by atoms with van der Waals surface area (Å²) in [5, 5.41) is 0. The maximum atomic E-state index is 5.08. The zero-order valence-corrected chi connectivity index (χ0v) is 6.77. The van der Waals surface area contributed by atoms with Crippen molar-refractivity contribution in [2.45, 2.75) is 39.7 Å². The van der Waals surface area contributed by atoms with Crippen LogP contribution in [0.4, 0.5) is 0 Å². The van der Waals surface area contributed by atoms with E-state index in [1.165, 1.54) is 0 Å². The monoisotopic (exact) mass is 131 g/mol. The van der Waals surface area contributed by atoms with Gasteiger partial charge in [0.2, 0.25) is 0 Å². The van der Waals surface area contributed by atoms with Crippen LogP contribution in [0.25, 0.3) is 0 Å². The van der Waals surface area contributed by atoms with E-state index < -0.39 is 0 Å². The zero-order valence-electron chi connectivity index (χ0n) is 6.77. The summed E-state index contributed by atoms with van der Waals surface area (Å²) in [6, 6.07) is 0. The van der Waals surface area contributed by atoms with Gasteiger partial charge in [-0.3, -0.25) is 4.84 Å². The average molecular weight is 131 g/mol. The molecule has 0 saturated heterocycles. The van der Waals surface area contributed by atoms with Gasteiger partial charge in [0.15, 0.2) is 0 Å². The van der Waals surface area contributed by atoms with Crippen LogP contribution in [0.2, 0.25) is 0 Å². The van der Waals surface area contributed by atoms with E-state index in [4.69, 9.17) is 10.7 Å². The third-order valence-electron chi connectivity index (χ3n) is 2.10. The number of rotatable bonds is 3. The summed E-state index contributed by atoms with van der Waals surface area (Å²) in [5.74, 6) is 5.60. The first kappa shape index (κ1) is 8.92. The van der Waals surface area contributed by atoms with Crippen LogP contribution >= 0.6 is 0 Å². The summed E-state index contributed by atoms with van der Waals surface area (Å²) in [5.41, 5.74) is -0.172. The minimum Gasteiger partial charge on any atom is -0.298 e. The van der Waals surface area contributed by atoms with Gasteiger partial charge in [-0.1, -0.05) is 20.3 Å². The number of hydrogen-bond acceptors (Lipinski definition) is 2. The number of nitrogens with two attached hydrogens (primary N) is 1. The lowest BCUT2D eigenvalue weighted by molar-refractivity contribution is -0.0585. The first-order valence-corrected chi connectivity index (χ1v) is 3.42. The molecule has 9 heavy (non-hydrogen) atoms. The summed E-state index contributed by atoms with van der Waals surface area (Å²) < 4.78 is 0. The van der Waals surface area contributed by atoms with Gasteiger partial charge in [-0.25, -0.2) is 5.90 Å². The second-order valence-corrected chi connectivity index (χ2v) is 3.03. The fraction of sp³-hybridized carbons (Fsp3) is 1.00. The molecule has 0 aliphatic rings. The van der Waals surface area contributed by atoms with Crippen molar-refractivity contribution in [3.8, 4) is 0 Å². The van der Waals surface area contributed by atoms with E-state index in [9.17, 15) is 0 Å². The standard InChI is InChI=1S/C7H17NO/c1-5-6(2)7(3,4)9-8/h6H,5,8H2,1-4H3. The molecule has 0 aliphatic carbocycles. The van der Waals surface area contributed by atoms with Gasteiger partial charge >= 0.3 is 0 Å². The van der Waals surface area contributed by atoms with Crippen molar-refractivity contribution in [3.05, 3.63) is 0 Å². The molecule has 0 fully saturated rings. The Morgan fingerprint density at radius 3 is 2.11 bits per heavy atom. The van der Waals surface area contributed by atoms with Gasteiger partial charge in [-0.2, -0.15) is 0 Å². The molecule has 0 aromatic carbocycles. The van der Waals surface area contributed by atoms with Gasteiger partial charge in [0.25, 0.3) is 0 Å². The topological polar surface area (TPSA) is 35.2 Å². The van der Waals surface area contributed by atoms with E-state index in [1.54, 1.807) is 0 Å². The van der Waals surface area contributed by atoms with Crippen molar-refractivity contribution in [1.82, 2.24) is 0 Å². The summed E-state index contributed by atoms with van der Waals surface area (Å²) in [4.78, 5) is 4.79. The molecule has 0 aromatic rings. The normalized spacial score (nSPS) is 15.7. The summed E-state index contributed by atoms with van der Waals surface area (Å²) in [6.45, 7) is 8.26. The highest BCUT2D eigenvalue weighted by Crippen LogP contribution is 2.21.